The number of nitrogens with zero attached hydrogens (tertiary/aromatic N) is 4. The van der Waals surface area contributed by atoms with Crippen LogP contribution >= 0.6 is 0 Å². The first-order chi connectivity index (χ1) is 5.15. The van der Waals surface area contributed by atoms with Crippen LogP contribution in [0.3, 0.4) is 0 Å². The summed E-state index contributed by atoms with van der Waals surface area (Å²) in [5.41, 5.74) is 0. The molecule has 6 heteroatoms. The van der Waals surface area contributed by atoms with Gasteiger partial charge in [0.1, 0.15) is 6.20 Å². The first-order valence-corrected chi connectivity index (χ1v) is 2.73. The van der Waals surface area contributed by atoms with Gasteiger partial charge < -0.3 is 10.1 Å². The molecular weight excluding hydrogens is 148 g/mol. The molecular formula is C5H4N4O2. The second-order valence-electron chi connectivity index (χ2n) is 1.90. The van der Waals surface area contributed by atoms with Crippen molar-refractivity contribution in [3.05, 3.63) is 22.1 Å². The zero-order valence-electron chi connectivity index (χ0n) is 5.68. The third-order valence-electron chi connectivity index (χ3n) is 1.15. The molecule has 11 heavy (non-hydrogen) atoms. The second kappa shape index (κ2) is 2.38. The van der Waals surface area contributed by atoms with Crippen molar-refractivity contribution in [2.24, 2.45) is 7.05 Å². The van der Waals surface area contributed by atoms with Gasteiger partial charge in [0.25, 0.3) is 0 Å². The van der Waals surface area contributed by atoms with Crippen LogP contribution in [-0.4, -0.2) is 14.5 Å². The minimum absolute atomic E-state index is 0.0386. The summed E-state index contributed by atoms with van der Waals surface area (Å²) in [6, 6.07) is 1.72. The van der Waals surface area contributed by atoms with Crippen LogP contribution in [0, 0.1) is 21.4 Å². The van der Waals surface area contributed by atoms with Crippen LogP contribution in [0.4, 0.5) is 5.82 Å². The SMILES string of the molecule is Cn1cc([N+](=O)[O-])nc1C#N. The zero-order chi connectivity index (χ0) is 8.43. The molecule has 1 heterocycles. The lowest BCUT2D eigenvalue weighted by Crippen LogP contribution is -1.89. The van der Waals surface area contributed by atoms with Gasteiger partial charge in [-0.2, -0.15) is 5.26 Å². The van der Waals surface area contributed by atoms with E-state index in [1.807, 2.05) is 0 Å². The van der Waals surface area contributed by atoms with Crippen LogP contribution < -0.4 is 0 Å². The highest BCUT2D eigenvalue weighted by atomic mass is 16.6. The Morgan fingerprint density at radius 3 is 2.82 bits per heavy atom. The molecule has 0 unspecified atom stereocenters. The Kier molecular flexibility index (Phi) is 1.56. The molecule has 0 radical (unpaired) electrons. The van der Waals surface area contributed by atoms with Crippen molar-refractivity contribution < 1.29 is 4.92 Å². The Bertz CT molecular complexity index is 335. The lowest BCUT2D eigenvalue weighted by atomic mass is 10.7. The molecule has 1 aromatic rings. The van der Waals surface area contributed by atoms with E-state index in [4.69, 9.17) is 5.26 Å². The number of nitriles is 1. The summed E-state index contributed by atoms with van der Waals surface area (Å²) in [7, 11) is 1.53. The molecule has 56 valence electrons. The summed E-state index contributed by atoms with van der Waals surface area (Å²) < 4.78 is 1.30. The standard InChI is InChI=1S/C5H4N4O2/c1-8-3-5(9(10)11)7-4(8)2-6/h3H,1H3. The maximum absolute atomic E-state index is 10.1. The normalized spacial score (nSPS) is 9.09. The molecule has 0 aliphatic carbocycles. The fourth-order valence-corrected chi connectivity index (χ4v) is 0.642. The number of rotatable bonds is 1. The van der Waals surface area contributed by atoms with Gasteiger partial charge in [-0.3, -0.25) is 4.57 Å². The van der Waals surface area contributed by atoms with Gasteiger partial charge in [-0.25, -0.2) is 0 Å². The molecule has 0 aromatic carbocycles. The Morgan fingerprint density at radius 1 is 1.91 bits per heavy atom. The third-order valence-corrected chi connectivity index (χ3v) is 1.15. The van der Waals surface area contributed by atoms with Gasteiger partial charge in [-0.05, 0) is 9.91 Å². The van der Waals surface area contributed by atoms with Crippen molar-refractivity contribution >= 4 is 5.82 Å². The molecule has 0 fully saturated rings. The molecule has 0 aliphatic rings. The second-order valence-corrected chi connectivity index (χ2v) is 1.90. The highest BCUT2D eigenvalue weighted by Gasteiger charge is 2.14. The van der Waals surface area contributed by atoms with Crippen molar-refractivity contribution in [1.29, 1.82) is 5.26 Å². The van der Waals surface area contributed by atoms with Crippen molar-refractivity contribution in [2.45, 2.75) is 0 Å². The van der Waals surface area contributed by atoms with Crippen molar-refractivity contribution in [3.63, 3.8) is 0 Å². The first-order valence-electron chi connectivity index (χ1n) is 2.73. The van der Waals surface area contributed by atoms with Crippen LogP contribution in [0.5, 0.6) is 0 Å². The van der Waals surface area contributed by atoms with Gasteiger partial charge in [-0.15, -0.1) is 0 Å². The molecule has 0 spiro atoms. The van der Waals surface area contributed by atoms with E-state index >= 15 is 0 Å². The summed E-state index contributed by atoms with van der Waals surface area (Å²) in [4.78, 5) is 12.9. The fourth-order valence-electron chi connectivity index (χ4n) is 0.642. The lowest BCUT2D eigenvalue weighted by molar-refractivity contribution is -0.389. The smallest absolute Gasteiger partial charge is 0.358 e. The lowest BCUT2D eigenvalue weighted by Gasteiger charge is -1.82. The number of nitro groups is 1. The van der Waals surface area contributed by atoms with Crippen molar-refractivity contribution in [1.82, 2.24) is 9.55 Å². The molecule has 0 saturated carbocycles. The highest BCUT2D eigenvalue weighted by Crippen LogP contribution is 2.07. The summed E-state index contributed by atoms with van der Waals surface area (Å²) in [5, 5.41) is 18.5. The number of hydrogen-bond donors (Lipinski definition) is 0. The van der Waals surface area contributed by atoms with Gasteiger partial charge in [0.15, 0.2) is 6.07 Å². The number of aryl methyl sites for hydroxylation is 1. The van der Waals surface area contributed by atoms with Gasteiger partial charge in [-0.1, -0.05) is 0 Å². The summed E-state index contributed by atoms with van der Waals surface area (Å²) in [6.45, 7) is 0. The van der Waals surface area contributed by atoms with Crippen LogP contribution in [0.1, 0.15) is 5.82 Å². The first kappa shape index (κ1) is 7.21. The molecule has 0 bridgehead atoms. The van der Waals surface area contributed by atoms with E-state index in [1.165, 1.54) is 17.8 Å². The van der Waals surface area contributed by atoms with Gasteiger partial charge in [0.05, 0.1) is 0 Å². The van der Waals surface area contributed by atoms with E-state index in [2.05, 4.69) is 4.98 Å². The van der Waals surface area contributed by atoms with Gasteiger partial charge in [0, 0.05) is 7.05 Å². The number of imidazole rings is 1. The predicted octanol–water partition coefficient (Wildman–Crippen LogP) is 0.200. The largest absolute Gasteiger partial charge is 0.383 e. The van der Waals surface area contributed by atoms with E-state index in [0.29, 0.717) is 0 Å². The quantitative estimate of drug-likeness (QED) is 0.425. The van der Waals surface area contributed by atoms with E-state index in [1.54, 1.807) is 6.07 Å². The third kappa shape index (κ3) is 1.16. The average molecular weight is 152 g/mol. The van der Waals surface area contributed by atoms with E-state index in [-0.39, 0.29) is 11.6 Å². The molecule has 0 aliphatic heterocycles. The maximum Gasteiger partial charge on any atom is 0.383 e. The van der Waals surface area contributed by atoms with Crippen molar-refractivity contribution in [3.8, 4) is 6.07 Å². The summed E-state index contributed by atoms with van der Waals surface area (Å²) >= 11 is 0. The molecule has 0 saturated heterocycles. The average Bonchev–Trinajstić information content (AvgIpc) is 2.31. The number of hydrogen-bond acceptors (Lipinski definition) is 4. The van der Waals surface area contributed by atoms with E-state index in [9.17, 15) is 10.1 Å². The molecule has 1 rings (SSSR count). The Labute approximate surface area is 61.8 Å². The summed E-state index contributed by atoms with van der Waals surface area (Å²) in [5.74, 6) is -0.263. The van der Waals surface area contributed by atoms with Crippen LogP contribution in [0.15, 0.2) is 6.20 Å². The van der Waals surface area contributed by atoms with Gasteiger partial charge in [0.2, 0.25) is 0 Å². The Morgan fingerprint density at radius 2 is 2.55 bits per heavy atom. The Hall–Kier alpha value is -1.90. The Balaban J connectivity index is 3.18. The fraction of sp³-hybridized carbons (Fsp3) is 0.200. The number of aromatic nitrogens is 2. The molecule has 6 nitrogen and oxygen atoms in total. The molecule has 1 aromatic heterocycles. The van der Waals surface area contributed by atoms with Crippen LogP contribution in [0.2, 0.25) is 0 Å². The van der Waals surface area contributed by atoms with E-state index in [0.717, 1.165) is 0 Å². The maximum atomic E-state index is 10.1. The molecule has 0 amide bonds. The topological polar surface area (TPSA) is 84.8 Å². The van der Waals surface area contributed by atoms with Gasteiger partial charge >= 0.3 is 11.6 Å². The molecule has 0 atom stereocenters. The van der Waals surface area contributed by atoms with Crippen LogP contribution in [-0.2, 0) is 7.05 Å². The monoisotopic (exact) mass is 152 g/mol. The summed E-state index contributed by atoms with van der Waals surface area (Å²) in [6.07, 6.45) is 1.19. The van der Waals surface area contributed by atoms with E-state index < -0.39 is 4.92 Å². The van der Waals surface area contributed by atoms with Crippen LogP contribution in [0.25, 0.3) is 0 Å². The highest BCUT2D eigenvalue weighted by molar-refractivity contribution is 5.23. The minimum atomic E-state index is -0.638. The zero-order valence-corrected chi connectivity index (χ0v) is 5.68. The molecule has 0 N–H and O–H groups in total. The minimum Gasteiger partial charge on any atom is -0.358 e. The van der Waals surface area contributed by atoms with Crippen molar-refractivity contribution in [2.75, 3.05) is 0 Å². The predicted molar refractivity (Wildman–Crippen MR) is 34.6 cm³/mol.